The molecule has 3 heteroatoms. The molecule has 2 rings (SSSR count). The molecular weight excluding hydrogens is 154 g/mol. The minimum absolute atomic E-state index is 0.0764. The molecule has 3 N–H and O–H groups in total. The molecule has 0 aromatic carbocycles. The smallest absolute Gasteiger partial charge is 0.0647 e. The molecule has 3 atom stereocenters. The van der Waals surface area contributed by atoms with E-state index in [1.807, 2.05) is 0 Å². The maximum absolute atomic E-state index is 9.06. The molecule has 0 spiro atoms. The van der Waals surface area contributed by atoms with Crippen molar-refractivity contribution in [3.05, 3.63) is 0 Å². The number of aliphatic hydroxyl groups is 1. The summed E-state index contributed by atoms with van der Waals surface area (Å²) < 4.78 is 5.61. The number of fused-ring (bicyclic) bond motifs is 1. The van der Waals surface area contributed by atoms with Gasteiger partial charge in [0.25, 0.3) is 0 Å². The molecule has 0 radical (unpaired) electrons. The van der Waals surface area contributed by atoms with Crippen molar-refractivity contribution in [1.82, 2.24) is 0 Å². The SMILES string of the molecule is N[C@H](CO)C12CCC[C@H]1OCC2. The molecule has 1 aliphatic heterocycles. The van der Waals surface area contributed by atoms with Crippen molar-refractivity contribution in [3.8, 4) is 0 Å². The fourth-order valence-corrected chi connectivity index (χ4v) is 2.78. The average Bonchev–Trinajstić information content (AvgIpc) is 2.60. The molecule has 1 aliphatic carbocycles. The first-order chi connectivity index (χ1) is 5.79. The van der Waals surface area contributed by atoms with Gasteiger partial charge in [-0.2, -0.15) is 0 Å². The Morgan fingerprint density at radius 3 is 3.17 bits per heavy atom. The van der Waals surface area contributed by atoms with E-state index in [9.17, 15) is 0 Å². The van der Waals surface area contributed by atoms with Crippen LogP contribution in [0.1, 0.15) is 25.7 Å². The molecule has 3 nitrogen and oxygen atoms in total. The van der Waals surface area contributed by atoms with E-state index in [0.29, 0.717) is 6.10 Å². The third-order valence-electron chi connectivity index (χ3n) is 3.57. The van der Waals surface area contributed by atoms with Crippen LogP contribution in [0.4, 0.5) is 0 Å². The largest absolute Gasteiger partial charge is 0.395 e. The Hall–Kier alpha value is -0.120. The fraction of sp³-hybridized carbons (Fsp3) is 1.00. The van der Waals surface area contributed by atoms with Gasteiger partial charge in [-0.15, -0.1) is 0 Å². The number of ether oxygens (including phenoxy) is 1. The molecule has 0 aromatic rings. The van der Waals surface area contributed by atoms with Crippen molar-refractivity contribution in [2.45, 2.75) is 37.8 Å². The highest BCUT2D eigenvalue weighted by Gasteiger charge is 2.50. The Morgan fingerprint density at radius 1 is 1.58 bits per heavy atom. The van der Waals surface area contributed by atoms with Crippen molar-refractivity contribution in [2.75, 3.05) is 13.2 Å². The van der Waals surface area contributed by atoms with Crippen molar-refractivity contribution in [2.24, 2.45) is 11.1 Å². The van der Waals surface area contributed by atoms with Crippen LogP contribution in [0.15, 0.2) is 0 Å². The summed E-state index contributed by atoms with van der Waals surface area (Å²) in [6.07, 6.45) is 4.85. The molecule has 0 aromatic heterocycles. The van der Waals surface area contributed by atoms with Crippen LogP contribution in [0.3, 0.4) is 0 Å². The summed E-state index contributed by atoms with van der Waals surface area (Å²) in [5.74, 6) is 0. The third-order valence-corrected chi connectivity index (χ3v) is 3.57. The van der Waals surface area contributed by atoms with Gasteiger partial charge in [0.1, 0.15) is 0 Å². The highest BCUT2D eigenvalue weighted by Crippen LogP contribution is 2.48. The molecule has 1 saturated heterocycles. The molecule has 1 heterocycles. The molecule has 1 unspecified atom stereocenters. The lowest BCUT2D eigenvalue weighted by atomic mass is 9.76. The van der Waals surface area contributed by atoms with Crippen molar-refractivity contribution in [1.29, 1.82) is 0 Å². The normalized spacial score (nSPS) is 43.0. The Balaban J connectivity index is 2.16. The monoisotopic (exact) mass is 171 g/mol. The van der Waals surface area contributed by atoms with E-state index in [0.717, 1.165) is 25.9 Å². The van der Waals surface area contributed by atoms with Crippen molar-refractivity contribution in [3.63, 3.8) is 0 Å². The molecule has 2 fully saturated rings. The fourth-order valence-electron chi connectivity index (χ4n) is 2.78. The molecular formula is C9H17NO2. The number of rotatable bonds is 2. The van der Waals surface area contributed by atoms with Crippen LogP contribution in [-0.2, 0) is 4.74 Å². The summed E-state index contributed by atoms with van der Waals surface area (Å²) in [5, 5.41) is 9.06. The summed E-state index contributed by atoms with van der Waals surface area (Å²) in [5.41, 5.74) is 6.04. The third kappa shape index (κ3) is 1.00. The number of hydrogen-bond donors (Lipinski definition) is 2. The van der Waals surface area contributed by atoms with Crippen LogP contribution in [0.25, 0.3) is 0 Å². The number of aliphatic hydroxyl groups excluding tert-OH is 1. The van der Waals surface area contributed by atoms with Gasteiger partial charge >= 0.3 is 0 Å². The molecule has 70 valence electrons. The topological polar surface area (TPSA) is 55.5 Å². The second kappa shape index (κ2) is 2.98. The standard InChI is InChI=1S/C9H17NO2/c10-7(6-11)9-3-1-2-8(9)12-5-4-9/h7-8,11H,1-6,10H2/t7-,8-,9?/m1/s1. The second-order valence-electron chi connectivity index (χ2n) is 4.02. The molecule has 1 saturated carbocycles. The lowest BCUT2D eigenvalue weighted by Crippen LogP contribution is -2.46. The molecule has 0 amide bonds. The summed E-state index contributed by atoms with van der Waals surface area (Å²) in [7, 11) is 0. The Morgan fingerprint density at radius 2 is 2.42 bits per heavy atom. The van der Waals surface area contributed by atoms with Gasteiger partial charge in [-0.25, -0.2) is 0 Å². The number of nitrogens with two attached hydrogens (primary N) is 1. The minimum Gasteiger partial charge on any atom is -0.395 e. The van der Waals surface area contributed by atoms with E-state index in [1.54, 1.807) is 0 Å². The van der Waals surface area contributed by atoms with E-state index in [1.165, 1.54) is 6.42 Å². The first kappa shape index (κ1) is 8.48. The minimum atomic E-state index is -0.0764. The van der Waals surface area contributed by atoms with Crippen molar-refractivity contribution >= 4 is 0 Å². The second-order valence-corrected chi connectivity index (χ2v) is 4.02. The van der Waals surface area contributed by atoms with E-state index in [4.69, 9.17) is 15.6 Å². The van der Waals surface area contributed by atoms with E-state index < -0.39 is 0 Å². The average molecular weight is 171 g/mol. The first-order valence-electron chi connectivity index (χ1n) is 4.77. The predicted molar refractivity (Wildman–Crippen MR) is 45.7 cm³/mol. The zero-order valence-electron chi connectivity index (χ0n) is 7.33. The van der Waals surface area contributed by atoms with Gasteiger partial charge < -0.3 is 15.6 Å². The van der Waals surface area contributed by atoms with Gasteiger partial charge in [0.15, 0.2) is 0 Å². The quantitative estimate of drug-likeness (QED) is 0.627. The van der Waals surface area contributed by atoms with Gasteiger partial charge in [0.2, 0.25) is 0 Å². The summed E-state index contributed by atoms with van der Waals surface area (Å²) in [6, 6.07) is -0.0764. The lowest BCUT2D eigenvalue weighted by Gasteiger charge is -2.32. The summed E-state index contributed by atoms with van der Waals surface area (Å²) in [4.78, 5) is 0. The maximum atomic E-state index is 9.06. The van der Waals surface area contributed by atoms with E-state index in [2.05, 4.69) is 0 Å². The lowest BCUT2D eigenvalue weighted by molar-refractivity contribution is 0.0455. The Kier molecular flexibility index (Phi) is 2.10. The Bertz CT molecular complexity index is 162. The van der Waals surface area contributed by atoms with Crippen LogP contribution in [0.2, 0.25) is 0 Å². The van der Waals surface area contributed by atoms with E-state index in [-0.39, 0.29) is 18.1 Å². The highest BCUT2D eigenvalue weighted by molar-refractivity contribution is 5.02. The van der Waals surface area contributed by atoms with Gasteiger partial charge in [0.05, 0.1) is 12.7 Å². The van der Waals surface area contributed by atoms with E-state index >= 15 is 0 Å². The van der Waals surface area contributed by atoms with Gasteiger partial charge in [0, 0.05) is 18.1 Å². The van der Waals surface area contributed by atoms with Gasteiger partial charge in [-0.1, -0.05) is 6.42 Å². The zero-order chi connectivity index (χ0) is 8.60. The number of hydrogen-bond acceptors (Lipinski definition) is 3. The van der Waals surface area contributed by atoms with Gasteiger partial charge in [-0.3, -0.25) is 0 Å². The predicted octanol–water partition coefficient (Wildman–Crippen LogP) is 0.265. The van der Waals surface area contributed by atoms with Crippen LogP contribution < -0.4 is 5.73 Å². The highest BCUT2D eigenvalue weighted by atomic mass is 16.5. The zero-order valence-corrected chi connectivity index (χ0v) is 7.33. The molecule has 2 aliphatic rings. The van der Waals surface area contributed by atoms with Gasteiger partial charge in [-0.05, 0) is 19.3 Å². The molecule has 0 bridgehead atoms. The van der Waals surface area contributed by atoms with Crippen LogP contribution in [0.5, 0.6) is 0 Å². The van der Waals surface area contributed by atoms with Crippen LogP contribution in [0, 0.1) is 5.41 Å². The molecule has 12 heavy (non-hydrogen) atoms. The maximum Gasteiger partial charge on any atom is 0.0647 e. The van der Waals surface area contributed by atoms with Crippen LogP contribution in [-0.4, -0.2) is 30.5 Å². The first-order valence-corrected chi connectivity index (χ1v) is 4.77. The summed E-state index contributed by atoms with van der Waals surface area (Å²) >= 11 is 0. The summed E-state index contributed by atoms with van der Waals surface area (Å²) in [6.45, 7) is 0.929. The van der Waals surface area contributed by atoms with Crippen molar-refractivity contribution < 1.29 is 9.84 Å². The Labute approximate surface area is 72.9 Å². The van der Waals surface area contributed by atoms with Crippen LogP contribution >= 0.6 is 0 Å².